The summed E-state index contributed by atoms with van der Waals surface area (Å²) >= 11 is 0. The number of hydrogen-bond donors (Lipinski definition) is 1. The van der Waals surface area contributed by atoms with Gasteiger partial charge >= 0.3 is 0 Å². The first-order valence-corrected chi connectivity index (χ1v) is 10.4. The van der Waals surface area contributed by atoms with Crippen molar-refractivity contribution in [3.05, 3.63) is 35.9 Å². The van der Waals surface area contributed by atoms with Crippen LogP contribution in [0.2, 0.25) is 0 Å². The molecule has 3 heteroatoms. The number of carboxylic acid groups (broad SMARTS) is 1. The van der Waals surface area contributed by atoms with Crippen LogP contribution in [0.25, 0.3) is 0 Å². The molecule has 0 amide bonds. The molecule has 150 valence electrons. The molecule has 0 fully saturated rings. The second-order valence-corrected chi connectivity index (χ2v) is 7.44. The van der Waals surface area contributed by atoms with Gasteiger partial charge in [-0.05, 0) is 32.5 Å². The van der Waals surface area contributed by atoms with Gasteiger partial charge in [0.05, 0.1) is 0 Å². The molecule has 0 aromatic heterocycles. The molecule has 0 saturated carbocycles. The lowest BCUT2D eigenvalue weighted by Gasteiger charge is -2.24. The van der Waals surface area contributed by atoms with Gasteiger partial charge in [-0.1, -0.05) is 95.0 Å². The van der Waals surface area contributed by atoms with E-state index in [0.717, 1.165) is 6.92 Å². The van der Waals surface area contributed by atoms with E-state index in [9.17, 15) is 0 Å². The van der Waals surface area contributed by atoms with Crippen molar-refractivity contribution < 1.29 is 9.90 Å². The van der Waals surface area contributed by atoms with Crippen molar-refractivity contribution in [3.8, 4) is 0 Å². The van der Waals surface area contributed by atoms with Gasteiger partial charge in [-0.15, -0.1) is 0 Å². The van der Waals surface area contributed by atoms with Crippen LogP contribution in [0, 0.1) is 0 Å². The van der Waals surface area contributed by atoms with Crippen LogP contribution in [0.1, 0.15) is 83.6 Å². The average Bonchev–Trinajstić information content (AvgIpc) is 2.59. The van der Waals surface area contributed by atoms with Gasteiger partial charge in [0.2, 0.25) is 0 Å². The predicted octanol–water partition coefficient (Wildman–Crippen LogP) is 6.17. The molecule has 1 N–H and O–H groups in total. The normalized spacial score (nSPS) is 11.7. The Morgan fingerprint density at radius 2 is 1.38 bits per heavy atom. The number of unbranched alkanes of at least 4 members (excludes halogenated alkanes) is 8. The Kier molecular flexibility index (Phi) is 16.2. The zero-order chi connectivity index (χ0) is 19.6. The summed E-state index contributed by atoms with van der Waals surface area (Å²) in [6.07, 6.45) is 15.3. The first-order chi connectivity index (χ1) is 12.5. The minimum atomic E-state index is -0.833. The van der Waals surface area contributed by atoms with Crippen LogP contribution in [-0.4, -0.2) is 36.1 Å². The Morgan fingerprint density at radius 3 is 1.85 bits per heavy atom. The third kappa shape index (κ3) is 16.1. The van der Waals surface area contributed by atoms with Crippen LogP contribution < -0.4 is 0 Å². The summed E-state index contributed by atoms with van der Waals surface area (Å²) < 4.78 is 0. The molecule has 1 unspecified atom stereocenters. The lowest BCUT2D eigenvalue weighted by molar-refractivity contribution is -0.134. The molecule has 1 atom stereocenters. The largest absolute Gasteiger partial charge is 0.481 e. The topological polar surface area (TPSA) is 40.5 Å². The van der Waals surface area contributed by atoms with E-state index in [1.165, 1.54) is 76.2 Å². The number of benzene rings is 1. The van der Waals surface area contributed by atoms with Gasteiger partial charge in [0, 0.05) is 13.0 Å². The zero-order valence-corrected chi connectivity index (χ0v) is 17.5. The standard InChI is InChI=1S/C21H37N.C2H4O2/c1-4-5-6-7-8-9-10-11-15-18-21(22(2)3)19-20-16-13-12-14-17-20;1-2(3)4/h12-14,16-17,21H,4-11,15,18-19H2,1-3H3;1H3,(H,3,4). The maximum Gasteiger partial charge on any atom is 0.300 e. The number of carbonyl (C=O) groups is 1. The van der Waals surface area contributed by atoms with Crippen molar-refractivity contribution >= 4 is 5.97 Å². The van der Waals surface area contributed by atoms with Gasteiger partial charge in [0.25, 0.3) is 5.97 Å². The third-order valence-corrected chi connectivity index (χ3v) is 4.69. The SMILES string of the molecule is CC(=O)O.CCCCCCCCCCCC(Cc1ccccc1)N(C)C. The Labute approximate surface area is 161 Å². The quantitative estimate of drug-likeness (QED) is 0.426. The zero-order valence-electron chi connectivity index (χ0n) is 17.5. The maximum absolute atomic E-state index is 9.00. The fraction of sp³-hybridized carbons (Fsp3) is 0.696. The Balaban J connectivity index is 0.00000141. The summed E-state index contributed by atoms with van der Waals surface area (Å²) in [5.74, 6) is -0.833. The highest BCUT2D eigenvalue weighted by Crippen LogP contribution is 2.15. The number of hydrogen-bond acceptors (Lipinski definition) is 2. The molecule has 0 radical (unpaired) electrons. The van der Waals surface area contributed by atoms with E-state index in [1.54, 1.807) is 0 Å². The van der Waals surface area contributed by atoms with Crippen molar-refractivity contribution in [2.75, 3.05) is 14.1 Å². The Morgan fingerprint density at radius 1 is 0.923 bits per heavy atom. The fourth-order valence-electron chi connectivity index (χ4n) is 3.12. The number of aliphatic carboxylic acids is 1. The predicted molar refractivity (Wildman–Crippen MR) is 113 cm³/mol. The van der Waals surface area contributed by atoms with Gasteiger partial charge in [-0.25, -0.2) is 0 Å². The highest BCUT2D eigenvalue weighted by molar-refractivity contribution is 5.62. The van der Waals surface area contributed by atoms with Crippen LogP contribution in [-0.2, 0) is 11.2 Å². The van der Waals surface area contributed by atoms with Crippen LogP contribution in [0.3, 0.4) is 0 Å². The molecule has 1 rings (SSSR count). The molecular formula is C23H41NO2. The van der Waals surface area contributed by atoms with Crippen molar-refractivity contribution in [3.63, 3.8) is 0 Å². The van der Waals surface area contributed by atoms with Gasteiger partial charge < -0.3 is 10.0 Å². The van der Waals surface area contributed by atoms with E-state index >= 15 is 0 Å². The number of carboxylic acids is 1. The van der Waals surface area contributed by atoms with E-state index in [1.807, 2.05) is 0 Å². The summed E-state index contributed by atoms with van der Waals surface area (Å²) in [7, 11) is 4.45. The molecule has 0 aliphatic heterocycles. The monoisotopic (exact) mass is 363 g/mol. The van der Waals surface area contributed by atoms with E-state index < -0.39 is 5.97 Å². The molecule has 0 saturated heterocycles. The molecule has 0 heterocycles. The number of rotatable bonds is 13. The summed E-state index contributed by atoms with van der Waals surface area (Å²) in [5, 5.41) is 7.42. The molecular weight excluding hydrogens is 322 g/mol. The highest BCUT2D eigenvalue weighted by Gasteiger charge is 2.11. The average molecular weight is 364 g/mol. The van der Waals surface area contributed by atoms with E-state index in [-0.39, 0.29) is 0 Å². The highest BCUT2D eigenvalue weighted by atomic mass is 16.4. The van der Waals surface area contributed by atoms with Gasteiger partial charge in [0.1, 0.15) is 0 Å². The Bertz CT molecular complexity index is 427. The van der Waals surface area contributed by atoms with Crippen LogP contribution in [0.15, 0.2) is 30.3 Å². The summed E-state index contributed by atoms with van der Waals surface area (Å²) in [6, 6.07) is 11.6. The molecule has 1 aromatic rings. The first kappa shape index (κ1) is 24.7. The van der Waals surface area contributed by atoms with Crippen LogP contribution >= 0.6 is 0 Å². The van der Waals surface area contributed by atoms with E-state index in [0.29, 0.717) is 6.04 Å². The lowest BCUT2D eigenvalue weighted by Crippen LogP contribution is -2.30. The maximum atomic E-state index is 9.00. The molecule has 0 aliphatic rings. The number of likely N-dealkylation sites (N-methyl/N-ethyl adjacent to an activating group) is 1. The minimum Gasteiger partial charge on any atom is -0.481 e. The lowest BCUT2D eigenvalue weighted by atomic mass is 9.98. The summed E-state index contributed by atoms with van der Waals surface area (Å²) in [6.45, 7) is 3.37. The van der Waals surface area contributed by atoms with Crippen molar-refractivity contribution in [1.82, 2.24) is 4.90 Å². The third-order valence-electron chi connectivity index (χ3n) is 4.69. The summed E-state index contributed by atoms with van der Waals surface area (Å²) in [4.78, 5) is 11.4. The molecule has 3 nitrogen and oxygen atoms in total. The van der Waals surface area contributed by atoms with Crippen molar-refractivity contribution in [2.45, 2.75) is 90.5 Å². The smallest absolute Gasteiger partial charge is 0.300 e. The first-order valence-electron chi connectivity index (χ1n) is 10.4. The molecule has 26 heavy (non-hydrogen) atoms. The molecule has 0 aliphatic carbocycles. The van der Waals surface area contributed by atoms with Gasteiger partial charge in [0.15, 0.2) is 0 Å². The van der Waals surface area contributed by atoms with Crippen LogP contribution in [0.4, 0.5) is 0 Å². The van der Waals surface area contributed by atoms with E-state index in [4.69, 9.17) is 9.90 Å². The van der Waals surface area contributed by atoms with Gasteiger partial charge in [-0.3, -0.25) is 4.79 Å². The second-order valence-electron chi connectivity index (χ2n) is 7.44. The fourth-order valence-corrected chi connectivity index (χ4v) is 3.12. The molecule has 1 aromatic carbocycles. The van der Waals surface area contributed by atoms with Crippen LogP contribution in [0.5, 0.6) is 0 Å². The van der Waals surface area contributed by atoms with Crippen molar-refractivity contribution in [1.29, 1.82) is 0 Å². The van der Waals surface area contributed by atoms with Gasteiger partial charge in [-0.2, -0.15) is 0 Å². The summed E-state index contributed by atoms with van der Waals surface area (Å²) in [5.41, 5.74) is 1.47. The van der Waals surface area contributed by atoms with Crippen molar-refractivity contribution in [2.24, 2.45) is 0 Å². The Hall–Kier alpha value is -1.35. The molecule has 0 spiro atoms. The minimum absolute atomic E-state index is 0.687. The number of nitrogens with zero attached hydrogens (tertiary/aromatic N) is 1. The van der Waals surface area contributed by atoms with E-state index in [2.05, 4.69) is 56.3 Å². The molecule has 0 bridgehead atoms. The second kappa shape index (κ2) is 17.1.